The van der Waals surface area contributed by atoms with Gasteiger partial charge in [-0.05, 0) is 41.0 Å². The average Bonchev–Trinajstić information content (AvgIpc) is 2.90. The Bertz CT molecular complexity index is 654. The van der Waals surface area contributed by atoms with E-state index in [1.165, 1.54) is 0 Å². The van der Waals surface area contributed by atoms with Gasteiger partial charge in [0.15, 0.2) is 0 Å². The van der Waals surface area contributed by atoms with E-state index >= 15 is 0 Å². The van der Waals surface area contributed by atoms with Crippen LogP contribution in [0, 0.1) is 6.92 Å². The number of fused-ring (bicyclic) bond motifs is 1. The molecular formula is C13H14ClN5O. The van der Waals surface area contributed by atoms with E-state index in [2.05, 4.69) is 15.5 Å². The molecule has 7 heteroatoms. The SMILES string of the molecule is Cc1ccc(CC(=O)N2CCCn3nnnc32)c(Cl)c1. The first-order chi connectivity index (χ1) is 9.65. The Morgan fingerprint density at radius 2 is 2.25 bits per heavy atom. The maximum absolute atomic E-state index is 12.4. The van der Waals surface area contributed by atoms with Gasteiger partial charge in [-0.1, -0.05) is 28.8 Å². The molecule has 0 saturated heterocycles. The van der Waals surface area contributed by atoms with Gasteiger partial charge in [0.05, 0.1) is 6.42 Å². The van der Waals surface area contributed by atoms with Crippen LogP contribution in [0.4, 0.5) is 5.95 Å². The lowest BCUT2D eigenvalue weighted by atomic mass is 10.1. The zero-order valence-electron chi connectivity index (χ0n) is 11.1. The third-order valence-corrected chi connectivity index (χ3v) is 3.71. The smallest absolute Gasteiger partial charge is 0.252 e. The number of carbonyl (C=O) groups is 1. The lowest BCUT2D eigenvalue weighted by molar-refractivity contribution is -0.118. The highest BCUT2D eigenvalue weighted by molar-refractivity contribution is 6.31. The third kappa shape index (κ3) is 2.38. The minimum atomic E-state index is -0.0356. The number of rotatable bonds is 2. The highest BCUT2D eigenvalue weighted by Crippen LogP contribution is 2.21. The van der Waals surface area contributed by atoms with Crippen LogP contribution in [0.3, 0.4) is 0 Å². The number of halogens is 1. The maximum atomic E-state index is 12.4. The number of anilines is 1. The molecule has 1 aliphatic heterocycles. The number of aryl methyl sites for hydroxylation is 2. The predicted molar refractivity (Wildman–Crippen MR) is 74.7 cm³/mol. The van der Waals surface area contributed by atoms with Crippen molar-refractivity contribution in [1.29, 1.82) is 0 Å². The number of benzene rings is 1. The third-order valence-electron chi connectivity index (χ3n) is 3.36. The molecule has 2 aromatic rings. The summed E-state index contributed by atoms with van der Waals surface area (Å²) in [5, 5.41) is 12.0. The first-order valence-electron chi connectivity index (χ1n) is 6.47. The van der Waals surface area contributed by atoms with E-state index < -0.39 is 0 Å². The first-order valence-corrected chi connectivity index (χ1v) is 6.84. The van der Waals surface area contributed by atoms with Gasteiger partial charge in [0.1, 0.15) is 0 Å². The number of aromatic nitrogens is 4. The molecule has 0 fully saturated rings. The van der Waals surface area contributed by atoms with Crippen LogP contribution in [0.15, 0.2) is 18.2 Å². The van der Waals surface area contributed by atoms with Crippen LogP contribution < -0.4 is 4.90 Å². The lowest BCUT2D eigenvalue weighted by Crippen LogP contribution is -2.39. The number of hydrogen-bond acceptors (Lipinski definition) is 4. The molecule has 0 N–H and O–H groups in total. The number of hydrogen-bond donors (Lipinski definition) is 0. The Kier molecular flexibility index (Phi) is 3.40. The second-order valence-corrected chi connectivity index (χ2v) is 5.28. The summed E-state index contributed by atoms with van der Waals surface area (Å²) in [6.07, 6.45) is 1.11. The van der Waals surface area contributed by atoms with Gasteiger partial charge in [0.25, 0.3) is 5.95 Å². The van der Waals surface area contributed by atoms with Crippen molar-refractivity contribution in [2.75, 3.05) is 11.4 Å². The van der Waals surface area contributed by atoms with Gasteiger partial charge in [-0.25, -0.2) is 4.68 Å². The van der Waals surface area contributed by atoms with E-state index in [9.17, 15) is 4.79 Å². The van der Waals surface area contributed by atoms with Gasteiger partial charge in [0, 0.05) is 18.1 Å². The Labute approximate surface area is 121 Å². The number of tetrazole rings is 1. The van der Waals surface area contributed by atoms with Crippen molar-refractivity contribution in [3.05, 3.63) is 34.3 Å². The topological polar surface area (TPSA) is 63.9 Å². The maximum Gasteiger partial charge on any atom is 0.252 e. The zero-order chi connectivity index (χ0) is 14.1. The van der Waals surface area contributed by atoms with E-state index in [1.54, 1.807) is 9.58 Å². The molecular weight excluding hydrogens is 278 g/mol. The van der Waals surface area contributed by atoms with Gasteiger partial charge in [0.2, 0.25) is 5.91 Å². The molecule has 0 spiro atoms. The number of amides is 1. The molecule has 0 saturated carbocycles. The predicted octanol–water partition coefficient (Wildman–Crippen LogP) is 1.61. The Morgan fingerprint density at radius 1 is 1.40 bits per heavy atom. The molecule has 1 aromatic heterocycles. The van der Waals surface area contributed by atoms with Crippen molar-refractivity contribution in [3.63, 3.8) is 0 Å². The molecule has 0 bridgehead atoms. The summed E-state index contributed by atoms with van der Waals surface area (Å²) in [6.45, 7) is 3.36. The minimum absolute atomic E-state index is 0.0356. The molecule has 3 rings (SSSR count). The first kappa shape index (κ1) is 13.1. The quantitative estimate of drug-likeness (QED) is 0.843. The standard InChI is InChI=1S/C13H14ClN5O/c1-9-3-4-10(11(14)7-9)8-12(20)18-5-2-6-19-13(18)15-16-17-19/h3-4,7H,2,5-6,8H2,1H3. The van der Waals surface area contributed by atoms with Crippen molar-refractivity contribution in [2.24, 2.45) is 0 Å². The van der Waals surface area contributed by atoms with Crippen LogP contribution in [-0.2, 0) is 17.8 Å². The molecule has 2 heterocycles. The summed E-state index contributed by atoms with van der Waals surface area (Å²) < 4.78 is 1.65. The van der Waals surface area contributed by atoms with Crippen LogP contribution in [0.5, 0.6) is 0 Å². The van der Waals surface area contributed by atoms with Crippen molar-refractivity contribution < 1.29 is 4.79 Å². The second-order valence-electron chi connectivity index (χ2n) is 4.87. The lowest BCUT2D eigenvalue weighted by Gasteiger charge is -2.25. The van der Waals surface area contributed by atoms with Crippen molar-refractivity contribution in [3.8, 4) is 0 Å². The van der Waals surface area contributed by atoms with Crippen LogP contribution in [-0.4, -0.2) is 32.7 Å². The molecule has 0 unspecified atom stereocenters. The van der Waals surface area contributed by atoms with Crippen LogP contribution in [0.25, 0.3) is 0 Å². The van der Waals surface area contributed by atoms with Crippen molar-refractivity contribution in [1.82, 2.24) is 20.2 Å². The molecule has 0 atom stereocenters. The van der Waals surface area contributed by atoms with Crippen molar-refractivity contribution >= 4 is 23.5 Å². The van der Waals surface area contributed by atoms with E-state index in [1.807, 2.05) is 25.1 Å². The van der Waals surface area contributed by atoms with Gasteiger partial charge in [-0.3, -0.25) is 9.69 Å². The second kappa shape index (κ2) is 5.20. The van der Waals surface area contributed by atoms with E-state index in [0.717, 1.165) is 24.1 Å². The summed E-state index contributed by atoms with van der Waals surface area (Å²) in [5.41, 5.74) is 1.90. The molecule has 0 radical (unpaired) electrons. The molecule has 1 aliphatic rings. The fraction of sp³-hybridized carbons (Fsp3) is 0.385. The molecule has 6 nitrogen and oxygen atoms in total. The van der Waals surface area contributed by atoms with Crippen LogP contribution in [0.1, 0.15) is 17.5 Å². The van der Waals surface area contributed by atoms with Gasteiger partial charge >= 0.3 is 0 Å². The monoisotopic (exact) mass is 291 g/mol. The van der Waals surface area contributed by atoms with Crippen LogP contribution >= 0.6 is 11.6 Å². The molecule has 20 heavy (non-hydrogen) atoms. The highest BCUT2D eigenvalue weighted by atomic mass is 35.5. The Morgan fingerprint density at radius 3 is 3.05 bits per heavy atom. The van der Waals surface area contributed by atoms with E-state index in [-0.39, 0.29) is 12.3 Å². The normalized spacial score (nSPS) is 14.2. The number of nitrogens with zero attached hydrogens (tertiary/aromatic N) is 5. The fourth-order valence-electron chi connectivity index (χ4n) is 2.31. The molecule has 1 aromatic carbocycles. The minimum Gasteiger partial charge on any atom is -0.279 e. The Balaban J connectivity index is 1.81. The summed E-state index contributed by atoms with van der Waals surface area (Å²) in [4.78, 5) is 14.0. The Hall–Kier alpha value is -1.95. The van der Waals surface area contributed by atoms with Crippen LogP contribution in [0.2, 0.25) is 5.02 Å². The highest BCUT2D eigenvalue weighted by Gasteiger charge is 2.25. The molecule has 104 valence electrons. The molecule has 0 aliphatic carbocycles. The van der Waals surface area contributed by atoms with E-state index in [4.69, 9.17) is 11.6 Å². The number of carbonyl (C=O) groups excluding carboxylic acids is 1. The van der Waals surface area contributed by atoms with Gasteiger partial charge < -0.3 is 0 Å². The summed E-state index contributed by atoms with van der Waals surface area (Å²) in [7, 11) is 0. The largest absolute Gasteiger partial charge is 0.279 e. The van der Waals surface area contributed by atoms with E-state index in [0.29, 0.717) is 17.5 Å². The summed E-state index contributed by atoms with van der Waals surface area (Å²) >= 11 is 6.18. The summed E-state index contributed by atoms with van der Waals surface area (Å²) in [6, 6.07) is 5.71. The fourth-order valence-corrected chi connectivity index (χ4v) is 2.61. The zero-order valence-corrected chi connectivity index (χ0v) is 11.8. The molecule has 1 amide bonds. The van der Waals surface area contributed by atoms with Crippen molar-refractivity contribution in [2.45, 2.75) is 26.3 Å². The van der Waals surface area contributed by atoms with Gasteiger partial charge in [-0.2, -0.15) is 0 Å². The summed E-state index contributed by atoms with van der Waals surface area (Å²) in [5.74, 6) is 0.482. The van der Waals surface area contributed by atoms with Gasteiger partial charge in [-0.15, -0.1) is 0 Å². The average molecular weight is 292 g/mol.